The molecular weight excluding hydrogens is 488 g/mol. The number of aryl methyl sites for hydroxylation is 1. The molecule has 1 heterocycles. The molecule has 1 N–H and O–H groups in total. The van der Waals surface area contributed by atoms with E-state index in [4.69, 9.17) is 32.9 Å². The topological polar surface area (TPSA) is 62.7 Å². The number of rotatable bonds is 7. The van der Waals surface area contributed by atoms with Gasteiger partial charge in [0.1, 0.15) is 11.9 Å². The number of carbonyl (C=O) groups is 1. The lowest BCUT2D eigenvalue weighted by Crippen LogP contribution is -2.17. The van der Waals surface area contributed by atoms with Crippen molar-refractivity contribution in [1.82, 2.24) is 4.98 Å². The van der Waals surface area contributed by atoms with E-state index < -0.39 is 22.7 Å². The van der Waals surface area contributed by atoms with Crippen LogP contribution in [-0.4, -0.2) is 16.1 Å². The minimum Gasteiger partial charge on any atom is -0.478 e. The number of anilines is 1. The molecule has 0 bridgehead atoms. The predicted octanol–water partition coefficient (Wildman–Crippen LogP) is 7.01. The van der Waals surface area contributed by atoms with Crippen molar-refractivity contribution in [1.29, 1.82) is 0 Å². The Morgan fingerprint density at radius 1 is 1.19 bits per heavy atom. The Labute approximate surface area is 196 Å². The minimum absolute atomic E-state index is 0.00505. The number of aromatic carboxylic acids is 1. The lowest BCUT2D eigenvalue weighted by molar-refractivity contribution is -0.137. The van der Waals surface area contributed by atoms with Crippen molar-refractivity contribution in [2.75, 3.05) is 4.31 Å². The van der Waals surface area contributed by atoms with Crippen molar-refractivity contribution in [3.63, 3.8) is 0 Å². The summed E-state index contributed by atoms with van der Waals surface area (Å²) < 4.78 is 46.4. The summed E-state index contributed by atoms with van der Waals surface area (Å²) in [5, 5.41) is 8.68. The van der Waals surface area contributed by atoms with E-state index in [1.165, 1.54) is 24.3 Å². The minimum atomic E-state index is -4.61. The molecule has 3 aromatic rings. The van der Waals surface area contributed by atoms with Crippen LogP contribution in [0.5, 0.6) is 5.75 Å². The van der Waals surface area contributed by atoms with E-state index in [1.807, 2.05) is 0 Å². The Morgan fingerprint density at radius 3 is 2.47 bits per heavy atom. The quantitative estimate of drug-likeness (QED) is 0.350. The van der Waals surface area contributed by atoms with Crippen molar-refractivity contribution in [3.05, 3.63) is 82.0 Å². The average Bonchev–Trinajstić information content (AvgIpc) is 2.74. The number of alkyl halides is 3. The predicted molar refractivity (Wildman–Crippen MR) is 117 cm³/mol. The molecule has 1 aromatic heterocycles. The molecule has 0 amide bonds. The molecule has 0 aliphatic carbocycles. The second-order valence-electron chi connectivity index (χ2n) is 6.68. The third-order valence-electron chi connectivity index (χ3n) is 4.27. The molecule has 0 atom stereocenters. The van der Waals surface area contributed by atoms with E-state index >= 15 is 0 Å². The second-order valence-corrected chi connectivity index (χ2v) is 8.34. The number of aromatic nitrogens is 1. The largest absolute Gasteiger partial charge is 0.478 e. The van der Waals surface area contributed by atoms with Gasteiger partial charge in [-0.05, 0) is 72.5 Å². The van der Waals surface area contributed by atoms with Gasteiger partial charge in [0.25, 0.3) is 0 Å². The Morgan fingerprint density at radius 2 is 1.88 bits per heavy atom. The van der Waals surface area contributed by atoms with Gasteiger partial charge in [-0.15, -0.1) is 0 Å². The van der Waals surface area contributed by atoms with E-state index in [0.29, 0.717) is 10.5 Å². The van der Waals surface area contributed by atoms with Crippen LogP contribution >= 0.6 is 35.4 Å². The first-order chi connectivity index (χ1) is 15.1. The maximum absolute atomic E-state index is 13.3. The number of pyridine rings is 1. The van der Waals surface area contributed by atoms with Crippen molar-refractivity contribution >= 4 is 47.2 Å². The van der Waals surface area contributed by atoms with Gasteiger partial charge >= 0.3 is 12.1 Å². The van der Waals surface area contributed by atoms with Crippen molar-refractivity contribution in [2.24, 2.45) is 0 Å². The SMILES string of the molecule is Cc1cnc(N(Cc2ccc(Cl)c(C(F)(F)F)c2)Sc2ccc(C(=O)O)cc2)c(OCl)c1. The van der Waals surface area contributed by atoms with Crippen LogP contribution in [0.3, 0.4) is 0 Å². The van der Waals surface area contributed by atoms with E-state index in [2.05, 4.69) is 4.98 Å². The Hall–Kier alpha value is -2.62. The number of hydrogen-bond donors (Lipinski definition) is 1. The summed E-state index contributed by atoms with van der Waals surface area (Å²) in [6.07, 6.45) is -3.04. The van der Waals surface area contributed by atoms with Gasteiger partial charge in [-0.1, -0.05) is 17.7 Å². The summed E-state index contributed by atoms with van der Waals surface area (Å²) in [7, 11) is 0. The highest BCUT2D eigenvalue weighted by Crippen LogP contribution is 2.39. The summed E-state index contributed by atoms with van der Waals surface area (Å²) in [6, 6.07) is 11.3. The van der Waals surface area contributed by atoms with E-state index in [9.17, 15) is 18.0 Å². The number of carboxylic acids is 1. The zero-order valence-electron chi connectivity index (χ0n) is 16.4. The highest BCUT2D eigenvalue weighted by molar-refractivity contribution is 8.00. The Bertz CT molecular complexity index is 1130. The summed E-state index contributed by atoms with van der Waals surface area (Å²) in [5.41, 5.74) is 0.245. The van der Waals surface area contributed by atoms with E-state index in [0.717, 1.165) is 23.6 Å². The zero-order valence-corrected chi connectivity index (χ0v) is 18.7. The molecule has 168 valence electrons. The lowest BCUT2D eigenvalue weighted by atomic mass is 10.1. The Balaban J connectivity index is 2.00. The highest BCUT2D eigenvalue weighted by Gasteiger charge is 2.33. The van der Waals surface area contributed by atoms with Crippen LogP contribution in [0.1, 0.15) is 27.0 Å². The van der Waals surface area contributed by atoms with Crippen LogP contribution < -0.4 is 8.59 Å². The standard InChI is InChI=1S/C21H15Cl2F3N2O3S/c1-12-8-18(31-23)19(27-10-12)28(32-15-5-3-14(4-6-15)20(29)30)11-13-2-7-17(22)16(9-13)21(24,25)26/h2-10H,11H2,1H3,(H,29,30). The van der Waals surface area contributed by atoms with Crippen LogP contribution in [-0.2, 0) is 12.7 Å². The van der Waals surface area contributed by atoms with Gasteiger partial charge in [-0.2, -0.15) is 13.2 Å². The fraction of sp³-hybridized carbons (Fsp3) is 0.143. The zero-order chi connectivity index (χ0) is 23.5. The van der Waals surface area contributed by atoms with Gasteiger partial charge in [-0.3, -0.25) is 4.31 Å². The smallest absolute Gasteiger partial charge is 0.417 e. The number of benzene rings is 2. The van der Waals surface area contributed by atoms with Crippen LogP contribution in [0.2, 0.25) is 5.02 Å². The first kappa shape index (κ1) is 24.0. The molecule has 0 saturated carbocycles. The van der Waals surface area contributed by atoms with Gasteiger partial charge in [-0.25, -0.2) is 9.78 Å². The highest BCUT2D eigenvalue weighted by atomic mass is 35.5. The molecule has 0 aliphatic rings. The number of halogens is 5. The third kappa shape index (κ3) is 5.79. The van der Waals surface area contributed by atoms with Crippen LogP contribution in [0, 0.1) is 6.92 Å². The molecular formula is C21H15Cl2F3N2O3S. The molecule has 2 aromatic carbocycles. The molecule has 0 saturated heterocycles. The summed E-state index contributed by atoms with van der Waals surface area (Å²) in [4.78, 5) is 16.0. The van der Waals surface area contributed by atoms with E-state index in [1.54, 1.807) is 35.6 Å². The molecule has 0 fully saturated rings. The molecule has 32 heavy (non-hydrogen) atoms. The first-order valence-electron chi connectivity index (χ1n) is 8.98. The first-order valence-corrected chi connectivity index (χ1v) is 10.4. The van der Waals surface area contributed by atoms with Crippen LogP contribution in [0.25, 0.3) is 0 Å². The molecule has 0 unspecified atom stereocenters. The lowest BCUT2D eigenvalue weighted by Gasteiger charge is -2.24. The van der Waals surface area contributed by atoms with Gasteiger partial charge in [0, 0.05) is 11.1 Å². The summed E-state index contributed by atoms with van der Waals surface area (Å²) >= 11 is 12.5. The maximum atomic E-state index is 13.3. The fourth-order valence-electron chi connectivity index (χ4n) is 2.77. The Kier molecular flexibility index (Phi) is 7.43. The van der Waals surface area contributed by atoms with Crippen molar-refractivity contribution in [2.45, 2.75) is 24.5 Å². The second kappa shape index (κ2) is 9.89. The molecule has 0 aliphatic heterocycles. The van der Waals surface area contributed by atoms with Gasteiger partial charge < -0.3 is 9.40 Å². The van der Waals surface area contributed by atoms with Crippen LogP contribution in [0.15, 0.2) is 59.6 Å². The van der Waals surface area contributed by atoms with Gasteiger partial charge in [0.15, 0.2) is 11.6 Å². The van der Waals surface area contributed by atoms with Crippen molar-refractivity contribution < 1.29 is 27.4 Å². The maximum Gasteiger partial charge on any atom is 0.417 e. The average molecular weight is 503 g/mol. The van der Waals surface area contributed by atoms with E-state index in [-0.39, 0.29) is 23.7 Å². The van der Waals surface area contributed by atoms with Crippen LogP contribution in [0.4, 0.5) is 19.0 Å². The van der Waals surface area contributed by atoms with Crippen molar-refractivity contribution in [3.8, 4) is 5.75 Å². The number of hydrogen-bond acceptors (Lipinski definition) is 5. The molecule has 0 radical (unpaired) electrons. The summed E-state index contributed by atoms with van der Waals surface area (Å²) in [5.74, 6) is -0.579. The normalized spacial score (nSPS) is 11.3. The molecule has 0 spiro atoms. The molecule has 3 rings (SSSR count). The number of carboxylic acid groups (broad SMARTS) is 1. The summed E-state index contributed by atoms with van der Waals surface area (Å²) in [6.45, 7) is 1.78. The monoisotopic (exact) mass is 502 g/mol. The fourth-order valence-corrected chi connectivity index (χ4v) is 4.06. The third-order valence-corrected chi connectivity index (χ3v) is 5.77. The van der Waals surface area contributed by atoms with Gasteiger partial charge in [0.05, 0.1) is 22.7 Å². The molecule has 5 nitrogen and oxygen atoms in total. The van der Waals surface area contributed by atoms with Gasteiger partial charge in [0.2, 0.25) is 0 Å². The molecule has 11 heteroatoms. The number of nitrogens with zero attached hydrogens (tertiary/aromatic N) is 2.